The van der Waals surface area contributed by atoms with Crippen molar-refractivity contribution in [3.63, 3.8) is 0 Å². The quantitative estimate of drug-likeness (QED) is 0.405. The van der Waals surface area contributed by atoms with Crippen LogP contribution < -0.4 is 5.32 Å². The predicted octanol–water partition coefficient (Wildman–Crippen LogP) is 1.18. The summed E-state index contributed by atoms with van der Waals surface area (Å²) in [6, 6.07) is -0.694. The molecule has 1 aliphatic heterocycles. The lowest BCUT2D eigenvalue weighted by molar-refractivity contribution is -0.262. The molecular weight excluding hydrogens is 370 g/mol. The van der Waals surface area contributed by atoms with Gasteiger partial charge in [0, 0.05) is 33.3 Å². The SMILES string of the molecule is CCCCOCCOC1OC(COC(C)=O)C(C)C(OC(C)=O)C1NC(C)=O. The number of amides is 1. The Hall–Kier alpha value is -1.71. The number of carbonyl (C=O) groups excluding carboxylic acids is 3. The highest BCUT2D eigenvalue weighted by molar-refractivity contribution is 5.73. The van der Waals surface area contributed by atoms with Gasteiger partial charge < -0.3 is 29.0 Å². The maximum absolute atomic E-state index is 11.7. The van der Waals surface area contributed by atoms with Crippen LogP contribution in [0.5, 0.6) is 0 Å². The van der Waals surface area contributed by atoms with Gasteiger partial charge in [-0.1, -0.05) is 20.3 Å². The van der Waals surface area contributed by atoms with Crippen LogP contribution in [0.4, 0.5) is 0 Å². The molecule has 0 aromatic rings. The molecule has 28 heavy (non-hydrogen) atoms. The third-order valence-corrected chi connectivity index (χ3v) is 4.34. The minimum atomic E-state index is -0.875. The first-order chi connectivity index (χ1) is 13.3. The molecule has 1 rings (SSSR count). The van der Waals surface area contributed by atoms with Crippen molar-refractivity contribution < 1.29 is 38.1 Å². The van der Waals surface area contributed by atoms with Gasteiger partial charge in [-0.3, -0.25) is 14.4 Å². The summed E-state index contributed by atoms with van der Waals surface area (Å²) >= 11 is 0. The van der Waals surface area contributed by atoms with Gasteiger partial charge in [0.05, 0.1) is 13.2 Å². The molecular formula is C19H33NO8. The molecule has 0 bridgehead atoms. The van der Waals surface area contributed by atoms with Crippen LogP contribution in [-0.4, -0.2) is 68.8 Å². The molecule has 0 aliphatic carbocycles. The zero-order valence-corrected chi connectivity index (χ0v) is 17.4. The molecule has 0 spiro atoms. The second-order valence-electron chi connectivity index (χ2n) is 6.84. The van der Waals surface area contributed by atoms with Crippen molar-refractivity contribution >= 4 is 17.8 Å². The van der Waals surface area contributed by atoms with E-state index in [0.717, 1.165) is 12.8 Å². The van der Waals surface area contributed by atoms with E-state index in [0.29, 0.717) is 13.2 Å². The summed E-state index contributed by atoms with van der Waals surface area (Å²) in [5.41, 5.74) is 0. The number of esters is 2. The van der Waals surface area contributed by atoms with Crippen molar-refractivity contribution in [3.8, 4) is 0 Å². The Bertz CT molecular complexity index is 512. The second kappa shape index (κ2) is 12.7. The lowest BCUT2D eigenvalue weighted by Crippen LogP contribution is -2.63. The molecule has 9 nitrogen and oxygen atoms in total. The van der Waals surface area contributed by atoms with E-state index in [1.807, 2.05) is 0 Å². The van der Waals surface area contributed by atoms with E-state index >= 15 is 0 Å². The number of carbonyl (C=O) groups is 3. The second-order valence-corrected chi connectivity index (χ2v) is 6.84. The summed E-state index contributed by atoms with van der Waals surface area (Å²) in [5, 5.41) is 2.75. The molecule has 5 atom stereocenters. The molecule has 0 radical (unpaired) electrons. The zero-order chi connectivity index (χ0) is 21.1. The summed E-state index contributed by atoms with van der Waals surface area (Å²) in [7, 11) is 0. The molecule has 1 heterocycles. The van der Waals surface area contributed by atoms with Crippen molar-refractivity contribution in [1.82, 2.24) is 5.32 Å². The Morgan fingerprint density at radius 1 is 1.04 bits per heavy atom. The largest absolute Gasteiger partial charge is 0.463 e. The Kier molecular flexibility index (Phi) is 11.0. The number of ether oxygens (including phenoxy) is 5. The lowest BCUT2D eigenvalue weighted by atomic mass is 9.89. The van der Waals surface area contributed by atoms with Gasteiger partial charge in [-0.25, -0.2) is 0 Å². The van der Waals surface area contributed by atoms with Crippen molar-refractivity contribution in [2.24, 2.45) is 5.92 Å². The molecule has 9 heteroatoms. The molecule has 1 saturated heterocycles. The van der Waals surface area contributed by atoms with E-state index < -0.39 is 36.5 Å². The molecule has 1 aliphatic rings. The molecule has 5 unspecified atom stereocenters. The van der Waals surface area contributed by atoms with Gasteiger partial charge in [-0.15, -0.1) is 0 Å². The summed E-state index contributed by atoms with van der Waals surface area (Å²) in [6.45, 7) is 9.10. The fourth-order valence-corrected chi connectivity index (χ4v) is 2.94. The number of nitrogens with one attached hydrogen (secondary N) is 1. The fraction of sp³-hybridized carbons (Fsp3) is 0.842. The number of unbranched alkanes of at least 4 members (excludes halogenated alkanes) is 1. The van der Waals surface area contributed by atoms with Crippen LogP contribution >= 0.6 is 0 Å². The van der Waals surface area contributed by atoms with Crippen LogP contribution in [0.2, 0.25) is 0 Å². The average molecular weight is 403 g/mol. The van der Waals surface area contributed by atoms with Crippen LogP contribution in [0.1, 0.15) is 47.5 Å². The van der Waals surface area contributed by atoms with Crippen molar-refractivity contribution in [2.45, 2.75) is 72.0 Å². The monoisotopic (exact) mass is 403 g/mol. The minimum Gasteiger partial charge on any atom is -0.463 e. The van der Waals surface area contributed by atoms with Crippen molar-refractivity contribution in [2.75, 3.05) is 26.4 Å². The molecule has 162 valence electrons. The van der Waals surface area contributed by atoms with Gasteiger partial charge in [0.25, 0.3) is 0 Å². The number of hydrogen-bond acceptors (Lipinski definition) is 8. The summed E-state index contributed by atoms with van der Waals surface area (Å²) < 4.78 is 27.7. The molecule has 0 aromatic carbocycles. The maximum atomic E-state index is 11.7. The topological polar surface area (TPSA) is 109 Å². The van der Waals surface area contributed by atoms with Gasteiger partial charge in [0.2, 0.25) is 5.91 Å². The first-order valence-corrected chi connectivity index (χ1v) is 9.68. The number of hydrogen-bond donors (Lipinski definition) is 1. The molecule has 0 saturated carbocycles. The maximum Gasteiger partial charge on any atom is 0.302 e. The van der Waals surface area contributed by atoms with Gasteiger partial charge in [0.1, 0.15) is 24.9 Å². The van der Waals surface area contributed by atoms with Crippen LogP contribution in [0.3, 0.4) is 0 Å². The Balaban J connectivity index is 2.85. The summed E-state index contributed by atoms with van der Waals surface area (Å²) in [6.07, 6.45) is -0.118. The van der Waals surface area contributed by atoms with E-state index in [-0.39, 0.29) is 25.0 Å². The minimum absolute atomic E-state index is 0.00604. The Morgan fingerprint density at radius 3 is 2.32 bits per heavy atom. The molecule has 1 N–H and O–H groups in total. The fourth-order valence-electron chi connectivity index (χ4n) is 2.94. The Morgan fingerprint density at radius 2 is 1.75 bits per heavy atom. The predicted molar refractivity (Wildman–Crippen MR) is 99.3 cm³/mol. The standard InChI is InChI=1S/C19H33NO8/c1-6-7-8-24-9-10-25-19-17(20-13(3)21)18(27-15(5)23)12(2)16(28-19)11-26-14(4)22/h12,16-19H,6-11H2,1-5H3,(H,20,21). The van der Waals surface area contributed by atoms with E-state index in [4.69, 9.17) is 23.7 Å². The van der Waals surface area contributed by atoms with E-state index in [9.17, 15) is 14.4 Å². The summed E-state index contributed by atoms with van der Waals surface area (Å²) in [4.78, 5) is 34.5. The highest BCUT2D eigenvalue weighted by Crippen LogP contribution is 2.29. The average Bonchev–Trinajstić information content (AvgIpc) is 2.60. The van der Waals surface area contributed by atoms with Gasteiger partial charge >= 0.3 is 11.9 Å². The lowest BCUT2D eigenvalue weighted by Gasteiger charge is -2.44. The smallest absolute Gasteiger partial charge is 0.302 e. The van der Waals surface area contributed by atoms with E-state index in [2.05, 4.69) is 12.2 Å². The third kappa shape index (κ3) is 8.53. The first kappa shape index (κ1) is 24.3. The van der Waals surface area contributed by atoms with Gasteiger partial charge in [0.15, 0.2) is 6.29 Å². The molecule has 1 amide bonds. The van der Waals surface area contributed by atoms with Gasteiger partial charge in [-0.2, -0.15) is 0 Å². The Labute approximate surface area is 166 Å². The van der Waals surface area contributed by atoms with Crippen LogP contribution in [0.25, 0.3) is 0 Å². The highest BCUT2D eigenvalue weighted by Gasteiger charge is 2.47. The van der Waals surface area contributed by atoms with Gasteiger partial charge in [-0.05, 0) is 6.42 Å². The van der Waals surface area contributed by atoms with E-state index in [1.165, 1.54) is 20.8 Å². The van der Waals surface area contributed by atoms with Crippen LogP contribution in [-0.2, 0) is 38.1 Å². The normalized spacial score (nSPS) is 27.1. The van der Waals surface area contributed by atoms with Crippen molar-refractivity contribution in [3.05, 3.63) is 0 Å². The molecule has 1 fully saturated rings. The van der Waals surface area contributed by atoms with E-state index in [1.54, 1.807) is 6.92 Å². The summed E-state index contributed by atoms with van der Waals surface area (Å²) in [5.74, 6) is -1.56. The molecule has 0 aromatic heterocycles. The van der Waals surface area contributed by atoms with Crippen LogP contribution in [0, 0.1) is 5.92 Å². The zero-order valence-electron chi connectivity index (χ0n) is 17.4. The van der Waals surface area contributed by atoms with Crippen molar-refractivity contribution in [1.29, 1.82) is 0 Å². The van der Waals surface area contributed by atoms with Crippen LogP contribution in [0.15, 0.2) is 0 Å². The first-order valence-electron chi connectivity index (χ1n) is 9.68. The highest BCUT2D eigenvalue weighted by atomic mass is 16.7. The third-order valence-electron chi connectivity index (χ3n) is 4.34. The number of rotatable bonds is 11.